The summed E-state index contributed by atoms with van der Waals surface area (Å²) in [4.78, 5) is 38.4. The van der Waals surface area contributed by atoms with Gasteiger partial charge in [0.15, 0.2) is 6.29 Å². The van der Waals surface area contributed by atoms with Gasteiger partial charge in [-0.1, -0.05) is 91.7 Å². The van der Waals surface area contributed by atoms with E-state index in [0.717, 1.165) is 104 Å². The summed E-state index contributed by atoms with van der Waals surface area (Å²) >= 11 is 0. The minimum Gasteiger partial charge on any atom is -0.397 e. The van der Waals surface area contributed by atoms with E-state index in [4.69, 9.17) is 15.2 Å². The molecule has 1 aromatic heterocycles. The predicted octanol–water partition coefficient (Wildman–Crippen LogP) is 7.18. The lowest BCUT2D eigenvalue weighted by molar-refractivity contribution is -0.253. The second-order valence-electron chi connectivity index (χ2n) is 15.3. The van der Waals surface area contributed by atoms with Crippen LogP contribution in [0.3, 0.4) is 0 Å². The molecule has 308 valence electrons. The molecule has 4 aromatic carbocycles. The van der Waals surface area contributed by atoms with Gasteiger partial charge in [-0.2, -0.15) is 0 Å². The number of aliphatic hydroxyl groups excluding tert-OH is 1. The standard InChI is InChI=1S/C47H55N7O5/c48-41-11-5-6-12-42(41)52-45(57)14-4-2-1-3-13-44(56)51-31-35-9-7-10-39(29-35)36-19-21-38(22-20-36)46-58-40(30-43(59-46)37-17-15-34(33-55)16-18-37)32-53-25-27-54(28-26-53)47-49-23-8-24-50-47/h5-12,15-24,29,40,43,46,55H,1-4,13-14,25-28,30-33,48H2,(H,51,56)(H,52,57)/t40-,43+,46+/m0/s1. The van der Waals surface area contributed by atoms with Crippen LogP contribution in [0.4, 0.5) is 17.3 Å². The van der Waals surface area contributed by atoms with Gasteiger partial charge in [-0.05, 0) is 64.9 Å². The van der Waals surface area contributed by atoms with Gasteiger partial charge in [0.1, 0.15) is 0 Å². The van der Waals surface area contributed by atoms with Crippen LogP contribution in [-0.2, 0) is 32.2 Å². The molecule has 3 atom stereocenters. The molecular formula is C47H55N7O5. The number of benzene rings is 4. The number of anilines is 3. The average Bonchev–Trinajstić information content (AvgIpc) is 3.28. The predicted molar refractivity (Wildman–Crippen MR) is 230 cm³/mol. The number of piperazine rings is 1. The van der Waals surface area contributed by atoms with Crippen molar-refractivity contribution in [2.75, 3.05) is 48.7 Å². The Labute approximate surface area is 346 Å². The summed E-state index contributed by atoms with van der Waals surface area (Å²) < 4.78 is 13.3. The number of amides is 2. The maximum atomic E-state index is 12.6. The molecule has 0 spiro atoms. The number of hydrogen-bond acceptors (Lipinski definition) is 10. The summed E-state index contributed by atoms with van der Waals surface area (Å²) in [6.07, 6.45) is 7.76. The maximum Gasteiger partial charge on any atom is 0.225 e. The molecule has 59 heavy (non-hydrogen) atoms. The van der Waals surface area contributed by atoms with E-state index in [0.29, 0.717) is 30.8 Å². The summed E-state index contributed by atoms with van der Waals surface area (Å²) in [6, 6.07) is 33.7. The highest BCUT2D eigenvalue weighted by Gasteiger charge is 2.34. The van der Waals surface area contributed by atoms with E-state index >= 15 is 0 Å². The van der Waals surface area contributed by atoms with Crippen molar-refractivity contribution in [2.45, 2.75) is 76.6 Å². The van der Waals surface area contributed by atoms with Gasteiger partial charge in [-0.25, -0.2) is 9.97 Å². The van der Waals surface area contributed by atoms with Gasteiger partial charge in [-0.15, -0.1) is 0 Å². The van der Waals surface area contributed by atoms with Crippen LogP contribution in [-0.4, -0.2) is 70.6 Å². The average molecular weight is 798 g/mol. The second kappa shape index (κ2) is 20.9. The van der Waals surface area contributed by atoms with Crippen LogP contribution in [0.2, 0.25) is 0 Å². The number of carbonyl (C=O) groups is 2. The van der Waals surface area contributed by atoms with Gasteiger partial charge in [0.25, 0.3) is 0 Å². The lowest BCUT2D eigenvalue weighted by Crippen LogP contribution is -2.50. The first kappa shape index (κ1) is 41.5. The molecule has 7 rings (SSSR count). The van der Waals surface area contributed by atoms with Crippen LogP contribution in [0.25, 0.3) is 11.1 Å². The molecule has 5 aromatic rings. The van der Waals surface area contributed by atoms with Gasteiger partial charge >= 0.3 is 0 Å². The minimum absolute atomic E-state index is 0.00224. The van der Waals surface area contributed by atoms with Gasteiger partial charge in [0.2, 0.25) is 17.8 Å². The van der Waals surface area contributed by atoms with E-state index in [1.807, 2.05) is 54.6 Å². The third kappa shape index (κ3) is 12.0. The molecule has 2 aliphatic rings. The Kier molecular flexibility index (Phi) is 14.7. The van der Waals surface area contributed by atoms with Crippen LogP contribution < -0.4 is 21.3 Å². The highest BCUT2D eigenvalue weighted by Crippen LogP contribution is 2.39. The van der Waals surface area contributed by atoms with Gasteiger partial charge in [0.05, 0.1) is 30.2 Å². The highest BCUT2D eigenvalue weighted by atomic mass is 16.7. The number of hydrogen-bond donors (Lipinski definition) is 4. The summed E-state index contributed by atoms with van der Waals surface area (Å²) in [7, 11) is 0. The number of aromatic nitrogens is 2. The number of nitrogen functional groups attached to an aromatic ring is 1. The molecule has 3 heterocycles. The van der Waals surface area contributed by atoms with E-state index < -0.39 is 6.29 Å². The van der Waals surface area contributed by atoms with Crippen LogP contribution in [0, 0.1) is 0 Å². The summed E-state index contributed by atoms with van der Waals surface area (Å²) in [6.45, 7) is 4.75. The topological polar surface area (TPSA) is 155 Å². The number of nitrogens with one attached hydrogen (secondary N) is 2. The normalized spacial score (nSPS) is 18.3. The third-order valence-corrected chi connectivity index (χ3v) is 11.0. The second-order valence-corrected chi connectivity index (χ2v) is 15.3. The molecule has 0 saturated carbocycles. The van der Waals surface area contributed by atoms with E-state index in [-0.39, 0.29) is 30.6 Å². The van der Waals surface area contributed by atoms with E-state index in [9.17, 15) is 14.7 Å². The zero-order valence-electron chi connectivity index (χ0n) is 33.5. The zero-order valence-corrected chi connectivity index (χ0v) is 33.5. The van der Waals surface area contributed by atoms with Gasteiger partial charge in [0, 0.05) is 76.5 Å². The quantitative estimate of drug-likeness (QED) is 0.0562. The van der Waals surface area contributed by atoms with Crippen molar-refractivity contribution in [1.29, 1.82) is 0 Å². The number of ether oxygens (including phenoxy) is 2. The Hall–Kier alpha value is -5.66. The molecular weight excluding hydrogens is 743 g/mol. The molecule has 0 unspecified atom stereocenters. The summed E-state index contributed by atoms with van der Waals surface area (Å²) in [5.41, 5.74) is 13.1. The highest BCUT2D eigenvalue weighted by molar-refractivity contribution is 5.93. The monoisotopic (exact) mass is 797 g/mol. The molecule has 12 nitrogen and oxygen atoms in total. The lowest BCUT2D eigenvalue weighted by Gasteiger charge is -2.40. The van der Waals surface area contributed by atoms with Crippen molar-refractivity contribution < 1.29 is 24.2 Å². The number of carbonyl (C=O) groups excluding carboxylic acids is 2. The molecule has 0 bridgehead atoms. The van der Waals surface area contributed by atoms with Gasteiger partial charge in [-0.3, -0.25) is 14.5 Å². The first-order valence-electron chi connectivity index (χ1n) is 20.8. The van der Waals surface area contributed by atoms with E-state index in [1.165, 1.54) is 0 Å². The first-order valence-corrected chi connectivity index (χ1v) is 20.8. The summed E-state index contributed by atoms with van der Waals surface area (Å²) in [5.74, 6) is 0.746. The van der Waals surface area contributed by atoms with Crippen LogP contribution in [0.1, 0.15) is 79.6 Å². The van der Waals surface area contributed by atoms with E-state index in [1.54, 1.807) is 24.5 Å². The van der Waals surface area contributed by atoms with Crippen molar-refractivity contribution in [3.63, 3.8) is 0 Å². The fourth-order valence-electron chi connectivity index (χ4n) is 7.64. The van der Waals surface area contributed by atoms with Crippen LogP contribution >= 0.6 is 0 Å². The molecule has 12 heteroatoms. The van der Waals surface area contributed by atoms with Crippen molar-refractivity contribution in [3.8, 4) is 11.1 Å². The lowest BCUT2D eigenvalue weighted by atomic mass is 9.98. The molecule has 2 aliphatic heterocycles. The fraction of sp³-hybridized carbons (Fsp3) is 0.362. The number of rotatable bonds is 17. The van der Waals surface area contributed by atoms with E-state index in [2.05, 4.69) is 66.8 Å². The van der Waals surface area contributed by atoms with Crippen LogP contribution in [0.5, 0.6) is 0 Å². The van der Waals surface area contributed by atoms with Crippen LogP contribution in [0.15, 0.2) is 116 Å². The first-order chi connectivity index (χ1) is 28.9. The van der Waals surface area contributed by atoms with Gasteiger partial charge < -0.3 is 35.8 Å². The SMILES string of the molecule is Nc1ccccc1NC(=O)CCCCCCC(=O)NCc1cccc(-c2ccc([C@@H]3O[C@H](CN4CCN(c5ncccn5)CC4)C[C@H](c4ccc(CO)cc4)O3)cc2)c1. The zero-order chi connectivity index (χ0) is 40.8. The number of para-hydroxylation sites is 2. The fourth-order valence-corrected chi connectivity index (χ4v) is 7.64. The molecule has 2 saturated heterocycles. The van der Waals surface area contributed by atoms with Crippen molar-refractivity contribution in [3.05, 3.63) is 138 Å². The Morgan fingerprint density at radius 2 is 1.44 bits per heavy atom. The largest absolute Gasteiger partial charge is 0.397 e. The smallest absolute Gasteiger partial charge is 0.225 e. The van der Waals surface area contributed by atoms with Crippen molar-refractivity contribution in [2.24, 2.45) is 0 Å². The molecule has 2 fully saturated rings. The minimum atomic E-state index is -0.537. The molecule has 0 aliphatic carbocycles. The molecule has 2 amide bonds. The Morgan fingerprint density at radius 3 is 2.17 bits per heavy atom. The number of unbranched alkanes of at least 4 members (excludes halogenated alkanes) is 3. The molecule has 0 radical (unpaired) electrons. The Bertz CT molecular complexity index is 2090. The third-order valence-electron chi connectivity index (χ3n) is 11.0. The Morgan fingerprint density at radius 1 is 0.729 bits per heavy atom. The van der Waals surface area contributed by atoms with Crippen molar-refractivity contribution in [1.82, 2.24) is 20.2 Å². The van der Waals surface area contributed by atoms with Crippen molar-refractivity contribution >= 4 is 29.1 Å². The number of aliphatic hydroxyl groups is 1. The number of nitrogens with zero attached hydrogens (tertiary/aromatic N) is 4. The number of nitrogens with two attached hydrogens (primary N) is 1. The molecule has 5 N–H and O–H groups in total. The Balaban J connectivity index is 0.890. The summed E-state index contributed by atoms with van der Waals surface area (Å²) in [5, 5.41) is 15.5. The maximum absolute atomic E-state index is 12.6.